The minimum absolute atomic E-state index is 0.406. The summed E-state index contributed by atoms with van der Waals surface area (Å²) in [5.74, 6) is 1.03. The topological polar surface area (TPSA) is 89.7 Å². The van der Waals surface area contributed by atoms with Crippen LogP contribution in [0.3, 0.4) is 0 Å². The van der Waals surface area contributed by atoms with E-state index >= 15 is 0 Å². The molecule has 0 aliphatic heterocycles. The summed E-state index contributed by atoms with van der Waals surface area (Å²) in [6.07, 6.45) is 1.94. The number of aromatic nitrogens is 1. The number of nitrogens with two attached hydrogens (primary N) is 1. The van der Waals surface area contributed by atoms with Crippen molar-refractivity contribution in [1.29, 1.82) is 10.5 Å². The molecule has 1 aromatic rings. The summed E-state index contributed by atoms with van der Waals surface area (Å²) in [6.45, 7) is 5.50. The van der Waals surface area contributed by atoms with Crippen LogP contribution < -0.4 is 10.6 Å². The Morgan fingerprint density at radius 2 is 2.17 bits per heavy atom. The molecule has 0 amide bonds. The number of pyridine rings is 1. The molecule has 2 N–H and O–H groups in total. The maximum absolute atomic E-state index is 9.11. The van der Waals surface area contributed by atoms with Gasteiger partial charge in [-0.25, -0.2) is 4.98 Å². The largest absolute Gasteiger partial charge is 0.397 e. The molecule has 5 nitrogen and oxygen atoms in total. The number of nitrogens with zero attached hydrogens (tertiary/aromatic N) is 4. The fraction of sp³-hybridized carbons (Fsp3) is 0.462. The molecule has 5 heteroatoms. The molecule has 94 valence electrons. The molecular weight excluding hydrogens is 226 g/mol. The maximum atomic E-state index is 9.11. The first kappa shape index (κ1) is 13.8. The SMILES string of the molecule is CC(C)CN(CCC#N)c1ncc(N)cc1C#N. The van der Waals surface area contributed by atoms with E-state index in [1.54, 1.807) is 6.07 Å². The highest BCUT2D eigenvalue weighted by Crippen LogP contribution is 2.20. The van der Waals surface area contributed by atoms with E-state index in [9.17, 15) is 0 Å². The Morgan fingerprint density at radius 3 is 2.72 bits per heavy atom. The van der Waals surface area contributed by atoms with E-state index in [-0.39, 0.29) is 0 Å². The summed E-state index contributed by atoms with van der Waals surface area (Å²) in [7, 11) is 0. The smallest absolute Gasteiger partial charge is 0.146 e. The summed E-state index contributed by atoms with van der Waals surface area (Å²) in [5.41, 5.74) is 6.54. The zero-order valence-electron chi connectivity index (χ0n) is 10.7. The van der Waals surface area contributed by atoms with Gasteiger partial charge in [0.1, 0.15) is 11.9 Å². The standard InChI is InChI=1S/C13H17N5/c1-10(2)9-18(5-3-4-14)13-11(7-15)6-12(16)8-17-13/h6,8,10H,3,5,9,16H2,1-2H3. The van der Waals surface area contributed by atoms with Gasteiger partial charge in [-0.2, -0.15) is 10.5 Å². The second kappa shape index (κ2) is 6.46. The first-order valence-electron chi connectivity index (χ1n) is 5.86. The lowest BCUT2D eigenvalue weighted by Crippen LogP contribution is -2.30. The molecule has 0 aliphatic rings. The van der Waals surface area contributed by atoms with Crippen LogP contribution in [-0.4, -0.2) is 18.1 Å². The summed E-state index contributed by atoms with van der Waals surface area (Å²) >= 11 is 0. The van der Waals surface area contributed by atoms with Crippen molar-refractivity contribution in [3.8, 4) is 12.1 Å². The van der Waals surface area contributed by atoms with Crippen molar-refractivity contribution in [3.63, 3.8) is 0 Å². The number of nitriles is 2. The van der Waals surface area contributed by atoms with Crippen LogP contribution in [0, 0.1) is 28.6 Å². The molecular formula is C13H17N5. The van der Waals surface area contributed by atoms with Crippen LogP contribution in [0.4, 0.5) is 11.5 Å². The second-order valence-electron chi connectivity index (χ2n) is 4.50. The number of hydrogen-bond donors (Lipinski definition) is 1. The minimum Gasteiger partial charge on any atom is -0.397 e. The Morgan fingerprint density at radius 1 is 1.44 bits per heavy atom. The van der Waals surface area contributed by atoms with E-state index in [0.717, 1.165) is 6.54 Å². The van der Waals surface area contributed by atoms with Crippen LogP contribution in [0.25, 0.3) is 0 Å². The van der Waals surface area contributed by atoms with Gasteiger partial charge < -0.3 is 10.6 Å². The van der Waals surface area contributed by atoms with E-state index in [4.69, 9.17) is 16.3 Å². The van der Waals surface area contributed by atoms with Gasteiger partial charge in [0.2, 0.25) is 0 Å². The lowest BCUT2D eigenvalue weighted by atomic mass is 10.1. The fourth-order valence-electron chi connectivity index (χ4n) is 1.72. The Hall–Kier alpha value is -2.27. The molecule has 1 rings (SSSR count). The van der Waals surface area contributed by atoms with Gasteiger partial charge in [0.05, 0.1) is 29.9 Å². The van der Waals surface area contributed by atoms with Crippen LogP contribution in [0.1, 0.15) is 25.8 Å². The Kier molecular flexibility index (Phi) is 4.95. The average molecular weight is 243 g/mol. The van der Waals surface area contributed by atoms with Crippen molar-refractivity contribution >= 4 is 11.5 Å². The van der Waals surface area contributed by atoms with E-state index in [1.807, 2.05) is 4.90 Å². The van der Waals surface area contributed by atoms with Crippen LogP contribution >= 0.6 is 0 Å². The van der Waals surface area contributed by atoms with E-state index in [1.165, 1.54) is 6.20 Å². The molecule has 0 aliphatic carbocycles. The van der Waals surface area contributed by atoms with Gasteiger partial charge in [-0.3, -0.25) is 0 Å². The minimum atomic E-state index is 0.406. The van der Waals surface area contributed by atoms with Crippen molar-refractivity contribution in [1.82, 2.24) is 4.98 Å². The van der Waals surface area contributed by atoms with Gasteiger partial charge in [-0.1, -0.05) is 13.8 Å². The highest BCUT2D eigenvalue weighted by atomic mass is 15.2. The zero-order chi connectivity index (χ0) is 13.5. The third-order valence-electron chi connectivity index (χ3n) is 2.39. The predicted octanol–water partition coefficient (Wildman–Crippen LogP) is 1.91. The van der Waals surface area contributed by atoms with Crippen molar-refractivity contribution in [2.24, 2.45) is 5.92 Å². The van der Waals surface area contributed by atoms with Gasteiger partial charge in [-0.05, 0) is 12.0 Å². The zero-order valence-corrected chi connectivity index (χ0v) is 10.7. The number of hydrogen-bond acceptors (Lipinski definition) is 5. The molecule has 1 aromatic heterocycles. The molecule has 1 heterocycles. The van der Waals surface area contributed by atoms with Crippen LogP contribution in [-0.2, 0) is 0 Å². The average Bonchev–Trinajstić information content (AvgIpc) is 2.34. The van der Waals surface area contributed by atoms with Gasteiger partial charge in [0.15, 0.2) is 0 Å². The Balaban J connectivity index is 3.04. The van der Waals surface area contributed by atoms with Gasteiger partial charge in [0.25, 0.3) is 0 Å². The van der Waals surface area contributed by atoms with E-state index in [0.29, 0.717) is 36.0 Å². The lowest BCUT2D eigenvalue weighted by Gasteiger charge is -2.25. The van der Waals surface area contributed by atoms with Crippen molar-refractivity contribution in [2.45, 2.75) is 20.3 Å². The van der Waals surface area contributed by atoms with E-state index < -0.39 is 0 Å². The van der Waals surface area contributed by atoms with Gasteiger partial charge >= 0.3 is 0 Å². The molecule has 0 saturated heterocycles. The van der Waals surface area contributed by atoms with Gasteiger partial charge in [0, 0.05) is 13.1 Å². The normalized spacial score (nSPS) is 9.83. The highest BCUT2D eigenvalue weighted by molar-refractivity contribution is 5.58. The number of anilines is 2. The number of rotatable bonds is 5. The molecule has 18 heavy (non-hydrogen) atoms. The Labute approximate surface area is 107 Å². The van der Waals surface area contributed by atoms with Crippen molar-refractivity contribution in [2.75, 3.05) is 23.7 Å². The first-order valence-corrected chi connectivity index (χ1v) is 5.86. The molecule has 0 fully saturated rings. The van der Waals surface area contributed by atoms with Crippen molar-refractivity contribution < 1.29 is 0 Å². The predicted molar refractivity (Wildman–Crippen MR) is 70.6 cm³/mol. The van der Waals surface area contributed by atoms with Gasteiger partial charge in [-0.15, -0.1) is 0 Å². The summed E-state index contributed by atoms with van der Waals surface area (Å²) in [6, 6.07) is 5.83. The monoisotopic (exact) mass is 243 g/mol. The third kappa shape index (κ3) is 3.64. The van der Waals surface area contributed by atoms with Crippen LogP contribution in [0.5, 0.6) is 0 Å². The molecule has 0 aromatic carbocycles. The first-order chi connectivity index (χ1) is 8.58. The Bertz CT molecular complexity index is 481. The maximum Gasteiger partial charge on any atom is 0.146 e. The number of nitrogen functional groups attached to an aromatic ring is 1. The molecule has 0 bridgehead atoms. The molecule has 0 unspecified atom stereocenters. The molecule has 0 radical (unpaired) electrons. The molecule has 0 saturated carbocycles. The second-order valence-corrected chi connectivity index (χ2v) is 4.50. The van der Waals surface area contributed by atoms with E-state index in [2.05, 4.69) is 31.0 Å². The van der Waals surface area contributed by atoms with Crippen LogP contribution in [0.15, 0.2) is 12.3 Å². The lowest BCUT2D eigenvalue weighted by molar-refractivity contribution is 0.607. The summed E-state index contributed by atoms with van der Waals surface area (Å²) < 4.78 is 0. The van der Waals surface area contributed by atoms with Crippen molar-refractivity contribution in [3.05, 3.63) is 17.8 Å². The molecule has 0 spiro atoms. The summed E-state index contributed by atoms with van der Waals surface area (Å²) in [5, 5.41) is 17.8. The fourth-order valence-corrected chi connectivity index (χ4v) is 1.72. The van der Waals surface area contributed by atoms with Crippen LogP contribution in [0.2, 0.25) is 0 Å². The third-order valence-corrected chi connectivity index (χ3v) is 2.39. The molecule has 0 atom stereocenters. The quantitative estimate of drug-likeness (QED) is 0.853. The summed E-state index contributed by atoms with van der Waals surface area (Å²) in [4.78, 5) is 6.19. The highest BCUT2D eigenvalue weighted by Gasteiger charge is 2.14.